The van der Waals surface area contributed by atoms with Crippen molar-refractivity contribution < 1.29 is 17.9 Å². The van der Waals surface area contributed by atoms with Crippen LogP contribution in [0, 0.1) is 6.92 Å². The molecule has 0 radical (unpaired) electrons. The van der Waals surface area contributed by atoms with Crippen LogP contribution in [0.5, 0.6) is 0 Å². The molecule has 0 fully saturated rings. The third-order valence-corrected chi connectivity index (χ3v) is 4.93. The molecule has 4 rings (SSSR count). The number of rotatable bonds is 4. The molecule has 162 valence electrons. The van der Waals surface area contributed by atoms with Crippen molar-refractivity contribution in [2.75, 3.05) is 24.3 Å². The van der Waals surface area contributed by atoms with Crippen molar-refractivity contribution in [3.8, 4) is 0 Å². The molecule has 0 atom stereocenters. The lowest BCUT2D eigenvalue weighted by molar-refractivity contribution is -0.137. The smallest absolute Gasteiger partial charge is 0.399 e. The van der Waals surface area contributed by atoms with Crippen LogP contribution in [0.4, 0.5) is 24.7 Å². The van der Waals surface area contributed by atoms with Crippen molar-refractivity contribution in [2.45, 2.75) is 26.1 Å². The number of benzene rings is 1. The summed E-state index contributed by atoms with van der Waals surface area (Å²) < 4.78 is 44.6. The van der Waals surface area contributed by atoms with Gasteiger partial charge in [-0.2, -0.15) is 13.2 Å². The molecule has 1 aliphatic rings. The van der Waals surface area contributed by atoms with Crippen LogP contribution >= 0.6 is 0 Å². The molecule has 0 saturated carbocycles. The molecule has 1 aromatic carbocycles. The zero-order chi connectivity index (χ0) is 22.2. The van der Waals surface area contributed by atoms with E-state index in [1.807, 2.05) is 6.08 Å². The Balaban J connectivity index is 1.71. The Morgan fingerprint density at radius 1 is 1.23 bits per heavy atom. The number of halogens is 3. The number of nitrogens with zero attached hydrogens (tertiary/aromatic N) is 2. The third kappa shape index (κ3) is 4.53. The topological polar surface area (TPSA) is 106 Å². The SMILES string of the molecule is Cc1nc(NCc2cc(N)cc(C(F)(F)F)c2)c2cc(C3=CCOCC3)c(=O)[nH]c2n1. The number of alkyl halides is 3. The number of hydrogen-bond donors (Lipinski definition) is 3. The third-order valence-electron chi connectivity index (χ3n) is 4.93. The van der Waals surface area contributed by atoms with Crippen molar-refractivity contribution >= 4 is 28.1 Å². The maximum atomic E-state index is 13.1. The quantitative estimate of drug-likeness (QED) is 0.545. The van der Waals surface area contributed by atoms with Gasteiger partial charge in [-0.15, -0.1) is 0 Å². The first kappa shape index (κ1) is 20.9. The van der Waals surface area contributed by atoms with Gasteiger partial charge in [-0.05, 0) is 48.7 Å². The van der Waals surface area contributed by atoms with Crippen LogP contribution in [0.1, 0.15) is 28.9 Å². The number of hydrogen-bond acceptors (Lipinski definition) is 6. The number of anilines is 2. The molecule has 0 saturated heterocycles. The summed E-state index contributed by atoms with van der Waals surface area (Å²) in [7, 11) is 0. The molecule has 0 aliphatic carbocycles. The van der Waals surface area contributed by atoms with Crippen molar-refractivity contribution in [1.29, 1.82) is 0 Å². The van der Waals surface area contributed by atoms with Gasteiger partial charge < -0.3 is 20.8 Å². The molecule has 0 spiro atoms. The van der Waals surface area contributed by atoms with E-state index in [0.717, 1.165) is 17.7 Å². The second kappa shape index (κ2) is 8.03. The maximum Gasteiger partial charge on any atom is 0.416 e. The van der Waals surface area contributed by atoms with Gasteiger partial charge in [-0.1, -0.05) is 6.08 Å². The number of aromatic amines is 1. The van der Waals surface area contributed by atoms with Crippen LogP contribution in [0.25, 0.3) is 16.6 Å². The van der Waals surface area contributed by atoms with Gasteiger partial charge in [-0.25, -0.2) is 9.97 Å². The Morgan fingerprint density at radius 2 is 2.03 bits per heavy atom. The summed E-state index contributed by atoms with van der Waals surface area (Å²) in [5.41, 5.74) is 6.65. The minimum absolute atomic E-state index is 0.0217. The van der Waals surface area contributed by atoms with Crippen LogP contribution in [0.3, 0.4) is 0 Å². The molecule has 3 heterocycles. The van der Waals surface area contributed by atoms with Gasteiger partial charge in [-0.3, -0.25) is 4.79 Å². The minimum Gasteiger partial charge on any atom is -0.399 e. The highest BCUT2D eigenvalue weighted by Gasteiger charge is 2.31. The monoisotopic (exact) mass is 431 g/mol. The van der Waals surface area contributed by atoms with Gasteiger partial charge >= 0.3 is 6.18 Å². The van der Waals surface area contributed by atoms with Crippen molar-refractivity contribution in [3.05, 3.63) is 63.2 Å². The fraction of sp³-hybridized carbons (Fsp3) is 0.286. The fourth-order valence-corrected chi connectivity index (χ4v) is 3.51. The fourth-order valence-electron chi connectivity index (χ4n) is 3.51. The highest BCUT2D eigenvalue weighted by molar-refractivity contribution is 5.89. The van der Waals surface area contributed by atoms with Crippen LogP contribution in [0.15, 0.2) is 35.1 Å². The lowest BCUT2D eigenvalue weighted by Crippen LogP contribution is -2.16. The largest absolute Gasteiger partial charge is 0.416 e. The summed E-state index contributed by atoms with van der Waals surface area (Å²) in [6.45, 7) is 2.68. The number of nitrogen functional groups attached to an aromatic ring is 1. The van der Waals surface area contributed by atoms with Crippen LogP contribution in [0.2, 0.25) is 0 Å². The summed E-state index contributed by atoms with van der Waals surface area (Å²) in [5, 5.41) is 3.62. The second-order valence-electron chi connectivity index (χ2n) is 7.26. The Labute approximate surface area is 175 Å². The van der Waals surface area contributed by atoms with Crippen molar-refractivity contribution in [3.63, 3.8) is 0 Å². The summed E-state index contributed by atoms with van der Waals surface area (Å²) in [6.07, 6.45) is -2.03. The lowest BCUT2D eigenvalue weighted by Gasteiger charge is -2.15. The molecule has 0 unspecified atom stereocenters. The van der Waals surface area contributed by atoms with Crippen molar-refractivity contribution in [2.24, 2.45) is 0 Å². The standard InChI is InChI=1S/C21H20F3N5O2/c1-11-27-18(26-10-12-6-14(21(22,23)24)8-15(25)7-12)17-9-16(13-2-4-31-5-3-13)20(30)29-19(17)28-11/h2,6-9H,3-5,10,25H2,1H3,(H2,26,27,28,29,30). The van der Waals surface area contributed by atoms with E-state index in [9.17, 15) is 18.0 Å². The molecule has 3 aromatic rings. The Kier molecular flexibility index (Phi) is 5.40. The van der Waals surface area contributed by atoms with Crippen molar-refractivity contribution in [1.82, 2.24) is 15.0 Å². The van der Waals surface area contributed by atoms with Gasteiger partial charge in [0.2, 0.25) is 0 Å². The van der Waals surface area contributed by atoms with E-state index < -0.39 is 11.7 Å². The predicted octanol–water partition coefficient (Wildman–Crippen LogP) is 3.64. The number of aromatic nitrogens is 3. The summed E-state index contributed by atoms with van der Waals surface area (Å²) >= 11 is 0. The number of nitrogens with two attached hydrogens (primary N) is 1. The number of nitrogens with one attached hydrogen (secondary N) is 2. The van der Waals surface area contributed by atoms with E-state index in [-0.39, 0.29) is 17.8 Å². The Morgan fingerprint density at radius 3 is 2.74 bits per heavy atom. The average Bonchev–Trinajstić information content (AvgIpc) is 2.71. The van der Waals surface area contributed by atoms with Crippen LogP contribution in [-0.4, -0.2) is 28.2 Å². The summed E-state index contributed by atoms with van der Waals surface area (Å²) in [4.78, 5) is 24.0. The maximum absolute atomic E-state index is 13.1. The normalized spacial score (nSPS) is 14.5. The molecule has 1 aliphatic heterocycles. The number of H-pyrrole nitrogens is 1. The predicted molar refractivity (Wildman–Crippen MR) is 111 cm³/mol. The average molecular weight is 431 g/mol. The van der Waals surface area contributed by atoms with E-state index in [2.05, 4.69) is 20.3 Å². The molecule has 4 N–H and O–H groups in total. The highest BCUT2D eigenvalue weighted by atomic mass is 19.4. The zero-order valence-corrected chi connectivity index (χ0v) is 16.6. The van der Waals surface area contributed by atoms with E-state index >= 15 is 0 Å². The van der Waals surface area contributed by atoms with Crippen LogP contribution < -0.4 is 16.6 Å². The highest BCUT2D eigenvalue weighted by Crippen LogP contribution is 2.32. The van der Waals surface area contributed by atoms with Gasteiger partial charge in [0.05, 0.1) is 24.2 Å². The summed E-state index contributed by atoms with van der Waals surface area (Å²) in [5.74, 6) is 0.816. The molecule has 0 bridgehead atoms. The molecular weight excluding hydrogens is 411 g/mol. The molecule has 7 nitrogen and oxygen atoms in total. The number of pyridine rings is 1. The second-order valence-corrected chi connectivity index (χ2v) is 7.26. The Hall–Kier alpha value is -3.40. The Bertz CT molecular complexity index is 1230. The first-order chi connectivity index (χ1) is 14.7. The zero-order valence-electron chi connectivity index (χ0n) is 16.6. The van der Waals surface area contributed by atoms with Gasteiger partial charge in [0.15, 0.2) is 0 Å². The minimum atomic E-state index is -4.49. The molecular formula is C21H20F3N5O2. The van der Waals surface area contributed by atoms with Gasteiger partial charge in [0, 0.05) is 17.8 Å². The number of aryl methyl sites for hydroxylation is 1. The molecule has 10 heteroatoms. The molecule has 31 heavy (non-hydrogen) atoms. The number of ether oxygens (including phenoxy) is 1. The number of fused-ring (bicyclic) bond motifs is 1. The molecule has 0 amide bonds. The van der Waals surface area contributed by atoms with Gasteiger partial charge in [0.25, 0.3) is 5.56 Å². The van der Waals surface area contributed by atoms with E-state index in [4.69, 9.17) is 10.5 Å². The van der Waals surface area contributed by atoms with Gasteiger partial charge in [0.1, 0.15) is 17.3 Å². The van der Waals surface area contributed by atoms with E-state index in [1.165, 1.54) is 6.07 Å². The first-order valence-corrected chi connectivity index (χ1v) is 9.60. The lowest BCUT2D eigenvalue weighted by atomic mass is 10.0. The van der Waals surface area contributed by atoms with Crippen LogP contribution in [-0.2, 0) is 17.5 Å². The molecule has 2 aromatic heterocycles. The van der Waals surface area contributed by atoms with E-state index in [0.29, 0.717) is 53.4 Å². The van der Waals surface area contributed by atoms with E-state index in [1.54, 1.807) is 13.0 Å². The summed E-state index contributed by atoms with van der Waals surface area (Å²) in [6, 6.07) is 5.11. The first-order valence-electron chi connectivity index (χ1n) is 9.60.